The molecule has 9 nitrogen and oxygen atoms in total. The Balaban J connectivity index is 1.38. The van der Waals surface area contributed by atoms with E-state index in [0.29, 0.717) is 12.6 Å². The molecule has 3 aliphatic rings. The summed E-state index contributed by atoms with van der Waals surface area (Å²) in [6.45, 7) is 6.65. The van der Waals surface area contributed by atoms with Crippen molar-refractivity contribution in [2.45, 2.75) is 77.0 Å². The topological polar surface area (TPSA) is 99.9 Å². The van der Waals surface area contributed by atoms with Gasteiger partial charge in [-0.25, -0.2) is 9.67 Å². The van der Waals surface area contributed by atoms with Gasteiger partial charge in [-0.1, -0.05) is 5.16 Å². The molecule has 0 radical (unpaired) electrons. The van der Waals surface area contributed by atoms with E-state index in [1.807, 2.05) is 24.0 Å². The normalized spacial score (nSPS) is 25.8. The van der Waals surface area contributed by atoms with Gasteiger partial charge >= 0.3 is 5.97 Å². The molecule has 1 saturated carbocycles. The number of nitrogens with zero attached hydrogens (tertiary/aromatic N) is 4. The quantitative estimate of drug-likeness (QED) is 0.664. The van der Waals surface area contributed by atoms with E-state index in [2.05, 4.69) is 22.5 Å². The number of carbonyl (C=O) groups is 1. The molecule has 9 heteroatoms. The smallest absolute Gasteiger partial charge is 0.308 e. The van der Waals surface area contributed by atoms with Crippen LogP contribution in [0.15, 0.2) is 17.5 Å². The summed E-state index contributed by atoms with van der Waals surface area (Å²) in [4.78, 5) is 22.9. The minimum atomic E-state index is -0.336. The molecule has 2 fully saturated rings. The highest BCUT2D eigenvalue weighted by Crippen LogP contribution is 2.43. The first-order valence-corrected chi connectivity index (χ1v) is 12.2. The number of rotatable bonds is 6. The molecule has 0 bridgehead atoms. The number of hydrogen-bond acceptors (Lipinski definition) is 8. The van der Waals surface area contributed by atoms with Crippen molar-refractivity contribution < 1.29 is 19.1 Å². The van der Waals surface area contributed by atoms with Crippen molar-refractivity contribution in [2.75, 3.05) is 25.1 Å². The first-order valence-electron chi connectivity index (χ1n) is 12.2. The third-order valence-electron chi connectivity index (χ3n) is 7.20. The number of esters is 1. The summed E-state index contributed by atoms with van der Waals surface area (Å²) in [7, 11) is 0. The summed E-state index contributed by atoms with van der Waals surface area (Å²) >= 11 is 0. The minimum absolute atomic E-state index is 0.0353. The van der Waals surface area contributed by atoms with Gasteiger partial charge in [0.1, 0.15) is 5.60 Å². The van der Waals surface area contributed by atoms with Crippen LogP contribution in [0.2, 0.25) is 0 Å². The van der Waals surface area contributed by atoms with Crippen molar-refractivity contribution in [3.8, 4) is 0 Å². The summed E-state index contributed by atoms with van der Waals surface area (Å²) < 4.78 is 12.7. The molecule has 0 aromatic carbocycles. The third kappa shape index (κ3) is 4.30. The van der Waals surface area contributed by atoms with Crippen molar-refractivity contribution in [3.05, 3.63) is 18.0 Å². The molecule has 178 valence electrons. The standard InChI is InChI=1S/C24H33N5O4/c1-3-29-22-19(15-26-29)21(27-17-7-11-31-12-8-17)18(14-25-22)20-13-24(33-28-20)9-5-16(6-10-24)23(30)32-4-2/h14-17H,3-13H2,1-2H3,(H,25,27). The fraction of sp³-hybridized carbons (Fsp3) is 0.667. The van der Waals surface area contributed by atoms with Crippen LogP contribution in [0.1, 0.15) is 64.4 Å². The predicted molar refractivity (Wildman–Crippen MR) is 124 cm³/mol. The second-order valence-electron chi connectivity index (χ2n) is 9.29. The molecule has 33 heavy (non-hydrogen) atoms. The lowest BCUT2D eigenvalue weighted by molar-refractivity contribution is -0.151. The third-order valence-corrected chi connectivity index (χ3v) is 7.20. The molecule has 0 amide bonds. The van der Waals surface area contributed by atoms with Crippen molar-refractivity contribution >= 4 is 28.4 Å². The average molecular weight is 456 g/mol. The van der Waals surface area contributed by atoms with Crippen LogP contribution in [-0.2, 0) is 25.7 Å². The van der Waals surface area contributed by atoms with Gasteiger partial charge in [-0.15, -0.1) is 0 Å². The highest BCUT2D eigenvalue weighted by molar-refractivity contribution is 6.10. The van der Waals surface area contributed by atoms with Crippen LogP contribution in [0.5, 0.6) is 0 Å². The van der Waals surface area contributed by atoms with Gasteiger partial charge in [0.05, 0.1) is 35.5 Å². The molecule has 1 N–H and O–H groups in total. The summed E-state index contributed by atoms with van der Waals surface area (Å²) in [5, 5.41) is 13.9. The Kier molecular flexibility index (Phi) is 6.23. The van der Waals surface area contributed by atoms with Crippen LogP contribution in [-0.4, -0.2) is 57.9 Å². The maximum Gasteiger partial charge on any atom is 0.308 e. The Hall–Kier alpha value is -2.68. The first kappa shape index (κ1) is 22.1. The summed E-state index contributed by atoms with van der Waals surface area (Å²) in [5.74, 6) is -0.121. The van der Waals surface area contributed by atoms with Gasteiger partial charge in [0.15, 0.2) is 5.65 Å². The number of ether oxygens (including phenoxy) is 2. The highest BCUT2D eigenvalue weighted by Gasteiger charge is 2.45. The van der Waals surface area contributed by atoms with Crippen LogP contribution in [0.25, 0.3) is 11.0 Å². The predicted octanol–water partition coefficient (Wildman–Crippen LogP) is 3.66. The van der Waals surface area contributed by atoms with Crippen molar-refractivity contribution in [1.82, 2.24) is 14.8 Å². The van der Waals surface area contributed by atoms with E-state index in [1.54, 1.807) is 0 Å². The van der Waals surface area contributed by atoms with Crippen molar-refractivity contribution in [3.63, 3.8) is 0 Å². The van der Waals surface area contributed by atoms with E-state index < -0.39 is 0 Å². The second-order valence-corrected chi connectivity index (χ2v) is 9.29. The largest absolute Gasteiger partial charge is 0.466 e. The van der Waals surface area contributed by atoms with Crippen LogP contribution >= 0.6 is 0 Å². The zero-order valence-electron chi connectivity index (χ0n) is 19.5. The molecule has 0 unspecified atom stereocenters. The molecule has 1 aliphatic carbocycles. The number of oxime groups is 1. The lowest BCUT2D eigenvalue weighted by Gasteiger charge is -2.33. The van der Waals surface area contributed by atoms with Crippen LogP contribution < -0.4 is 5.32 Å². The van der Waals surface area contributed by atoms with E-state index in [4.69, 9.17) is 19.3 Å². The summed E-state index contributed by atoms with van der Waals surface area (Å²) in [5.41, 5.74) is 3.47. The maximum atomic E-state index is 12.1. The first-order chi connectivity index (χ1) is 16.1. The summed E-state index contributed by atoms with van der Waals surface area (Å²) in [6, 6.07) is 0.338. The van der Waals surface area contributed by atoms with Crippen LogP contribution in [0, 0.1) is 5.92 Å². The highest BCUT2D eigenvalue weighted by atomic mass is 16.7. The van der Waals surface area contributed by atoms with Gasteiger partial charge in [-0.05, 0) is 52.4 Å². The molecule has 0 atom stereocenters. The number of carbonyl (C=O) groups excluding carboxylic acids is 1. The Morgan fingerprint density at radius 2 is 2.00 bits per heavy atom. The minimum Gasteiger partial charge on any atom is -0.466 e. The zero-order valence-corrected chi connectivity index (χ0v) is 19.5. The van der Waals surface area contributed by atoms with Gasteiger partial charge in [0.25, 0.3) is 0 Å². The number of hydrogen-bond donors (Lipinski definition) is 1. The fourth-order valence-corrected chi connectivity index (χ4v) is 5.25. The Labute approximate surface area is 193 Å². The molecule has 1 spiro atoms. The fourth-order valence-electron chi connectivity index (χ4n) is 5.25. The number of pyridine rings is 1. The van der Waals surface area contributed by atoms with Crippen LogP contribution in [0.3, 0.4) is 0 Å². The number of nitrogens with one attached hydrogen (secondary N) is 1. The van der Waals surface area contributed by atoms with E-state index in [1.165, 1.54) is 0 Å². The Morgan fingerprint density at radius 3 is 2.73 bits per heavy atom. The Morgan fingerprint density at radius 1 is 1.21 bits per heavy atom. The maximum absolute atomic E-state index is 12.1. The monoisotopic (exact) mass is 455 g/mol. The molecule has 1 saturated heterocycles. The van der Waals surface area contributed by atoms with E-state index >= 15 is 0 Å². The van der Waals surface area contributed by atoms with Gasteiger partial charge in [0, 0.05) is 44.0 Å². The van der Waals surface area contributed by atoms with Gasteiger partial charge in [-0.2, -0.15) is 5.10 Å². The second kappa shape index (κ2) is 9.29. The number of aromatic nitrogens is 3. The lowest BCUT2D eigenvalue weighted by Crippen LogP contribution is -2.37. The molecule has 2 aromatic rings. The molecular formula is C24H33N5O4. The van der Waals surface area contributed by atoms with Gasteiger partial charge < -0.3 is 19.6 Å². The molecule has 2 aromatic heterocycles. The molecular weight excluding hydrogens is 422 g/mol. The molecule has 4 heterocycles. The van der Waals surface area contributed by atoms with Crippen molar-refractivity contribution in [1.29, 1.82) is 0 Å². The molecule has 2 aliphatic heterocycles. The number of fused-ring (bicyclic) bond motifs is 1. The number of anilines is 1. The summed E-state index contributed by atoms with van der Waals surface area (Å²) in [6.07, 6.45) is 9.60. The lowest BCUT2D eigenvalue weighted by atomic mass is 9.76. The van der Waals surface area contributed by atoms with Gasteiger partial charge in [-0.3, -0.25) is 4.79 Å². The van der Waals surface area contributed by atoms with Crippen molar-refractivity contribution in [2.24, 2.45) is 11.1 Å². The molecule has 5 rings (SSSR count). The SMILES string of the molecule is CCOC(=O)C1CCC2(CC1)CC(c1cnc3c(cnn3CC)c1NC1CCOCC1)=NO2. The zero-order chi connectivity index (χ0) is 22.8. The van der Waals surface area contributed by atoms with E-state index in [9.17, 15) is 4.79 Å². The Bertz CT molecular complexity index is 1030. The van der Waals surface area contributed by atoms with Gasteiger partial charge in [0.2, 0.25) is 0 Å². The number of aryl methyl sites for hydroxylation is 1. The van der Waals surface area contributed by atoms with E-state index in [0.717, 1.165) is 92.7 Å². The average Bonchev–Trinajstić information content (AvgIpc) is 3.45. The van der Waals surface area contributed by atoms with Crippen LogP contribution in [0.4, 0.5) is 5.69 Å². The van der Waals surface area contributed by atoms with E-state index in [-0.39, 0.29) is 17.5 Å².